The molecule has 8 heteroatoms. The van der Waals surface area contributed by atoms with Gasteiger partial charge >= 0.3 is 0 Å². The van der Waals surface area contributed by atoms with E-state index < -0.39 is 0 Å². The fourth-order valence-electron chi connectivity index (χ4n) is 1.13. The van der Waals surface area contributed by atoms with Crippen molar-refractivity contribution in [2.75, 3.05) is 5.73 Å². The van der Waals surface area contributed by atoms with Crippen molar-refractivity contribution in [3.8, 4) is 0 Å². The Morgan fingerprint density at radius 1 is 1.62 bits per heavy atom. The molecule has 1 amide bonds. The van der Waals surface area contributed by atoms with Crippen molar-refractivity contribution in [2.24, 2.45) is 0 Å². The molecule has 2 rings (SSSR count). The third-order valence-corrected chi connectivity index (χ3v) is 2.76. The number of carbonyl (C=O) groups is 1. The van der Waals surface area contributed by atoms with Crippen LogP contribution in [-0.2, 0) is 6.54 Å². The number of amides is 1. The fourth-order valence-corrected chi connectivity index (χ4v) is 1.66. The molecule has 16 heavy (non-hydrogen) atoms. The number of nitrogens with zero attached hydrogens (tertiary/aromatic N) is 3. The van der Waals surface area contributed by atoms with Crippen LogP contribution in [0.3, 0.4) is 0 Å². The molecular formula is C8H10N6OS. The Balaban J connectivity index is 1.96. The first-order valence-electron chi connectivity index (χ1n) is 4.53. The first-order valence-corrected chi connectivity index (χ1v) is 5.34. The normalized spacial score (nSPS) is 10.3. The highest BCUT2D eigenvalue weighted by atomic mass is 32.1. The summed E-state index contributed by atoms with van der Waals surface area (Å²) in [7, 11) is 0. The molecule has 0 saturated heterocycles. The number of aromatic amines is 1. The smallest absolute Gasteiger partial charge is 0.282 e. The number of anilines is 1. The minimum Gasteiger partial charge on any atom is -0.374 e. The predicted octanol–water partition coefficient (Wildman–Crippen LogP) is 0.0818. The zero-order valence-electron chi connectivity index (χ0n) is 8.52. The van der Waals surface area contributed by atoms with Crippen molar-refractivity contribution in [2.45, 2.75) is 13.5 Å². The molecular weight excluding hydrogens is 228 g/mol. The van der Waals surface area contributed by atoms with Gasteiger partial charge in [-0.05, 0) is 6.92 Å². The van der Waals surface area contributed by atoms with Gasteiger partial charge in [-0.15, -0.1) is 10.2 Å². The highest BCUT2D eigenvalue weighted by Crippen LogP contribution is 2.10. The maximum atomic E-state index is 11.6. The van der Waals surface area contributed by atoms with E-state index in [0.717, 1.165) is 22.6 Å². The fraction of sp³-hybridized carbons (Fsp3) is 0.250. The van der Waals surface area contributed by atoms with Crippen molar-refractivity contribution < 1.29 is 4.79 Å². The molecule has 2 aromatic rings. The molecule has 84 valence electrons. The van der Waals surface area contributed by atoms with E-state index in [1.807, 2.05) is 6.92 Å². The quantitative estimate of drug-likeness (QED) is 0.701. The molecule has 4 N–H and O–H groups in total. The number of hydrogen-bond donors (Lipinski definition) is 3. The summed E-state index contributed by atoms with van der Waals surface area (Å²) in [5, 5.41) is 17.1. The summed E-state index contributed by atoms with van der Waals surface area (Å²) in [5.41, 5.74) is 7.24. The van der Waals surface area contributed by atoms with Crippen LogP contribution in [0.25, 0.3) is 0 Å². The minimum atomic E-state index is -0.283. The van der Waals surface area contributed by atoms with Crippen LogP contribution in [0, 0.1) is 6.92 Å². The summed E-state index contributed by atoms with van der Waals surface area (Å²) in [4.78, 5) is 11.6. The average molecular weight is 238 g/mol. The summed E-state index contributed by atoms with van der Waals surface area (Å²) < 4.78 is 0. The van der Waals surface area contributed by atoms with Gasteiger partial charge in [-0.2, -0.15) is 5.10 Å². The number of hydrogen-bond acceptors (Lipinski definition) is 6. The van der Waals surface area contributed by atoms with Crippen molar-refractivity contribution in [3.63, 3.8) is 0 Å². The predicted molar refractivity (Wildman–Crippen MR) is 58.8 cm³/mol. The van der Waals surface area contributed by atoms with E-state index in [-0.39, 0.29) is 16.0 Å². The molecule has 0 bridgehead atoms. The van der Waals surface area contributed by atoms with Gasteiger partial charge in [-0.25, -0.2) is 0 Å². The molecule has 0 aliphatic carbocycles. The highest BCUT2D eigenvalue weighted by Gasteiger charge is 2.11. The maximum Gasteiger partial charge on any atom is 0.282 e. The lowest BCUT2D eigenvalue weighted by Crippen LogP contribution is -2.22. The Bertz CT molecular complexity index is 504. The molecule has 0 aliphatic rings. The lowest BCUT2D eigenvalue weighted by atomic mass is 10.2. The van der Waals surface area contributed by atoms with E-state index in [4.69, 9.17) is 5.73 Å². The molecule has 0 aromatic carbocycles. The number of rotatable bonds is 3. The van der Waals surface area contributed by atoms with Crippen LogP contribution in [0.1, 0.15) is 21.1 Å². The summed E-state index contributed by atoms with van der Waals surface area (Å²) in [6, 6.07) is 0. The van der Waals surface area contributed by atoms with Crippen molar-refractivity contribution >= 4 is 22.4 Å². The first-order chi connectivity index (χ1) is 7.66. The zero-order chi connectivity index (χ0) is 11.5. The largest absolute Gasteiger partial charge is 0.374 e. The number of carbonyl (C=O) groups excluding carboxylic acids is 1. The van der Waals surface area contributed by atoms with Gasteiger partial charge < -0.3 is 11.1 Å². The summed E-state index contributed by atoms with van der Waals surface area (Å²) in [5.74, 6) is -0.283. The Labute approximate surface area is 95.1 Å². The third kappa shape index (κ3) is 2.16. The molecule has 0 spiro atoms. The number of nitrogens with one attached hydrogen (secondary N) is 2. The second-order valence-electron chi connectivity index (χ2n) is 3.15. The maximum absolute atomic E-state index is 11.6. The van der Waals surface area contributed by atoms with Gasteiger partial charge in [0, 0.05) is 17.8 Å². The van der Waals surface area contributed by atoms with Crippen LogP contribution in [0.2, 0.25) is 0 Å². The third-order valence-electron chi connectivity index (χ3n) is 2.01. The number of H-pyrrole nitrogens is 1. The Hall–Kier alpha value is -1.96. The van der Waals surface area contributed by atoms with E-state index in [9.17, 15) is 4.79 Å². The molecule has 0 aliphatic heterocycles. The second kappa shape index (κ2) is 4.27. The SMILES string of the molecule is Cc1[nH]ncc1CNC(=O)c1nnc(N)s1. The van der Waals surface area contributed by atoms with E-state index in [1.54, 1.807) is 6.20 Å². The Morgan fingerprint density at radius 3 is 3.00 bits per heavy atom. The number of nitrogen functional groups attached to an aromatic ring is 1. The molecule has 0 fully saturated rings. The van der Waals surface area contributed by atoms with E-state index in [2.05, 4.69) is 25.7 Å². The Kier molecular flexibility index (Phi) is 2.82. The second-order valence-corrected chi connectivity index (χ2v) is 4.16. The average Bonchev–Trinajstić information content (AvgIpc) is 2.84. The molecule has 0 saturated carbocycles. The van der Waals surface area contributed by atoms with Crippen LogP contribution < -0.4 is 11.1 Å². The van der Waals surface area contributed by atoms with Crippen LogP contribution in [-0.4, -0.2) is 26.3 Å². The van der Waals surface area contributed by atoms with Gasteiger partial charge in [0.2, 0.25) is 10.1 Å². The van der Waals surface area contributed by atoms with E-state index in [0.29, 0.717) is 6.54 Å². The van der Waals surface area contributed by atoms with Crippen LogP contribution in [0.5, 0.6) is 0 Å². The molecule has 7 nitrogen and oxygen atoms in total. The summed E-state index contributed by atoms with van der Waals surface area (Å²) in [6.45, 7) is 2.29. The standard InChI is InChI=1S/C8H10N6OS/c1-4-5(3-11-12-4)2-10-6(15)7-13-14-8(9)16-7/h3H,2H2,1H3,(H2,9,14)(H,10,15)(H,11,12). The van der Waals surface area contributed by atoms with Gasteiger partial charge in [-0.1, -0.05) is 11.3 Å². The van der Waals surface area contributed by atoms with Crippen LogP contribution >= 0.6 is 11.3 Å². The van der Waals surface area contributed by atoms with Crippen LogP contribution in [0.4, 0.5) is 5.13 Å². The highest BCUT2D eigenvalue weighted by molar-refractivity contribution is 7.16. The monoisotopic (exact) mass is 238 g/mol. The van der Waals surface area contributed by atoms with Crippen molar-refractivity contribution in [1.29, 1.82) is 0 Å². The van der Waals surface area contributed by atoms with E-state index >= 15 is 0 Å². The van der Waals surface area contributed by atoms with Crippen molar-refractivity contribution in [3.05, 3.63) is 22.5 Å². The first kappa shape index (κ1) is 10.6. The Morgan fingerprint density at radius 2 is 2.44 bits per heavy atom. The van der Waals surface area contributed by atoms with Gasteiger partial charge in [-0.3, -0.25) is 9.89 Å². The minimum absolute atomic E-state index is 0.263. The van der Waals surface area contributed by atoms with Crippen molar-refractivity contribution in [1.82, 2.24) is 25.7 Å². The molecule has 0 atom stereocenters. The number of aryl methyl sites for hydroxylation is 1. The van der Waals surface area contributed by atoms with Gasteiger partial charge in [0.05, 0.1) is 6.20 Å². The zero-order valence-corrected chi connectivity index (χ0v) is 9.34. The van der Waals surface area contributed by atoms with Crippen LogP contribution in [0.15, 0.2) is 6.20 Å². The lowest BCUT2D eigenvalue weighted by molar-refractivity contribution is 0.0950. The molecule has 0 unspecified atom stereocenters. The number of aromatic nitrogens is 4. The molecule has 2 aromatic heterocycles. The lowest BCUT2D eigenvalue weighted by Gasteiger charge is -2.00. The van der Waals surface area contributed by atoms with Gasteiger partial charge in [0.15, 0.2) is 0 Å². The molecule has 2 heterocycles. The number of nitrogens with two attached hydrogens (primary N) is 1. The topological polar surface area (TPSA) is 110 Å². The summed E-state index contributed by atoms with van der Waals surface area (Å²) in [6.07, 6.45) is 1.67. The summed E-state index contributed by atoms with van der Waals surface area (Å²) >= 11 is 1.06. The molecule has 0 radical (unpaired) electrons. The van der Waals surface area contributed by atoms with Gasteiger partial charge in [0.1, 0.15) is 0 Å². The van der Waals surface area contributed by atoms with E-state index in [1.165, 1.54) is 0 Å². The van der Waals surface area contributed by atoms with Gasteiger partial charge in [0.25, 0.3) is 5.91 Å².